The first-order valence-electron chi connectivity index (χ1n) is 7.54. The molecule has 1 aromatic rings. The third-order valence-electron chi connectivity index (χ3n) is 2.97. The number of hydrogen-bond acceptors (Lipinski definition) is 6. The Morgan fingerprint density at radius 1 is 1.20 bits per heavy atom. The van der Waals surface area contributed by atoms with E-state index in [-0.39, 0.29) is 24.7 Å². The number of ether oxygens (including phenoxy) is 3. The highest BCUT2D eigenvalue weighted by Crippen LogP contribution is 2.34. The Bertz CT molecular complexity index is 665. The van der Waals surface area contributed by atoms with Crippen molar-refractivity contribution in [1.29, 1.82) is 0 Å². The molecule has 0 bridgehead atoms. The van der Waals surface area contributed by atoms with Crippen molar-refractivity contribution in [3.8, 4) is 11.5 Å². The molecule has 136 valence electrons. The summed E-state index contributed by atoms with van der Waals surface area (Å²) >= 11 is 0. The van der Waals surface area contributed by atoms with Gasteiger partial charge in [0.2, 0.25) is 0 Å². The lowest BCUT2D eigenvalue weighted by Crippen LogP contribution is -2.21. The smallest absolute Gasteiger partial charge is 0.340 e. The van der Waals surface area contributed by atoms with Gasteiger partial charge in [0.25, 0.3) is 0 Å². The minimum atomic E-state index is -1.44. The highest BCUT2D eigenvalue weighted by atomic mass is 16.6. The van der Waals surface area contributed by atoms with Crippen molar-refractivity contribution >= 4 is 17.9 Å². The van der Waals surface area contributed by atoms with Crippen molar-refractivity contribution < 1.29 is 38.8 Å². The number of carboxylic acids is 2. The fraction of sp³-hybridized carbons (Fsp3) is 0.353. The van der Waals surface area contributed by atoms with E-state index in [1.54, 1.807) is 6.92 Å². The third-order valence-corrected chi connectivity index (χ3v) is 2.97. The Morgan fingerprint density at radius 2 is 1.88 bits per heavy atom. The SMILES string of the molecule is C=CC(=O)OC(C)COc1ccc(C(=O)O)c(C(=O)O)c1OCCC. The van der Waals surface area contributed by atoms with Crippen molar-refractivity contribution in [3.63, 3.8) is 0 Å². The van der Waals surface area contributed by atoms with E-state index in [0.717, 1.165) is 12.1 Å². The lowest BCUT2D eigenvalue weighted by Gasteiger charge is -2.18. The number of aromatic carboxylic acids is 2. The predicted octanol–water partition coefficient (Wildman–Crippen LogP) is 2.37. The number of esters is 1. The first-order chi connectivity index (χ1) is 11.8. The van der Waals surface area contributed by atoms with Crippen LogP contribution in [-0.4, -0.2) is 47.4 Å². The molecule has 1 aromatic carbocycles. The summed E-state index contributed by atoms with van der Waals surface area (Å²) in [5, 5.41) is 18.5. The van der Waals surface area contributed by atoms with Crippen LogP contribution < -0.4 is 9.47 Å². The number of carboxylic acid groups (broad SMARTS) is 2. The number of carbonyl (C=O) groups is 3. The van der Waals surface area contributed by atoms with E-state index < -0.39 is 35.1 Å². The van der Waals surface area contributed by atoms with Crippen LogP contribution in [0, 0.1) is 0 Å². The van der Waals surface area contributed by atoms with Gasteiger partial charge in [0.05, 0.1) is 12.2 Å². The van der Waals surface area contributed by atoms with Gasteiger partial charge in [-0.15, -0.1) is 0 Å². The second kappa shape index (κ2) is 9.31. The molecular formula is C17H20O8. The minimum absolute atomic E-state index is 0.0531. The first kappa shape index (κ1) is 20.0. The molecule has 1 unspecified atom stereocenters. The molecule has 1 atom stereocenters. The Kier molecular flexibility index (Phi) is 7.45. The molecule has 0 fully saturated rings. The minimum Gasteiger partial charge on any atom is -0.489 e. The van der Waals surface area contributed by atoms with Crippen molar-refractivity contribution in [1.82, 2.24) is 0 Å². The molecule has 0 saturated carbocycles. The molecule has 0 saturated heterocycles. The van der Waals surface area contributed by atoms with E-state index in [1.165, 1.54) is 6.07 Å². The topological polar surface area (TPSA) is 119 Å². The Labute approximate surface area is 144 Å². The van der Waals surface area contributed by atoms with Crippen LogP contribution in [0.5, 0.6) is 11.5 Å². The molecule has 0 heterocycles. The summed E-state index contributed by atoms with van der Waals surface area (Å²) in [6, 6.07) is 2.43. The van der Waals surface area contributed by atoms with Gasteiger partial charge in [-0.3, -0.25) is 0 Å². The summed E-state index contributed by atoms with van der Waals surface area (Å²) in [5.74, 6) is -3.57. The van der Waals surface area contributed by atoms with Crippen molar-refractivity contribution in [2.75, 3.05) is 13.2 Å². The van der Waals surface area contributed by atoms with Gasteiger partial charge in [0, 0.05) is 6.08 Å². The molecule has 0 radical (unpaired) electrons. The molecule has 8 nitrogen and oxygen atoms in total. The zero-order chi connectivity index (χ0) is 19.0. The Hall–Kier alpha value is -3.03. The fourth-order valence-corrected chi connectivity index (χ4v) is 1.90. The van der Waals surface area contributed by atoms with Crippen LogP contribution >= 0.6 is 0 Å². The summed E-state index contributed by atoms with van der Waals surface area (Å²) in [4.78, 5) is 33.9. The third kappa shape index (κ3) is 5.52. The zero-order valence-corrected chi connectivity index (χ0v) is 14.0. The highest BCUT2D eigenvalue weighted by Gasteiger charge is 2.25. The van der Waals surface area contributed by atoms with Crippen LogP contribution in [0.4, 0.5) is 0 Å². The Balaban J connectivity index is 3.14. The number of hydrogen-bond donors (Lipinski definition) is 2. The van der Waals surface area contributed by atoms with Crippen molar-refractivity contribution in [3.05, 3.63) is 35.9 Å². The maximum atomic E-state index is 11.5. The molecule has 0 aromatic heterocycles. The molecule has 0 spiro atoms. The van der Waals surface area contributed by atoms with Gasteiger partial charge in [-0.1, -0.05) is 13.5 Å². The van der Waals surface area contributed by atoms with E-state index in [9.17, 15) is 24.6 Å². The normalized spacial score (nSPS) is 11.3. The van der Waals surface area contributed by atoms with Crippen LogP contribution in [0.2, 0.25) is 0 Å². The van der Waals surface area contributed by atoms with E-state index >= 15 is 0 Å². The summed E-state index contributed by atoms with van der Waals surface area (Å²) in [5.41, 5.74) is -0.897. The average molecular weight is 352 g/mol. The maximum Gasteiger partial charge on any atom is 0.340 e. The van der Waals surface area contributed by atoms with Gasteiger partial charge >= 0.3 is 17.9 Å². The summed E-state index contributed by atoms with van der Waals surface area (Å²) in [6.45, 7) is 6.79. The van der Waals surface area contributed by atoms with Gasteiger partial charge in [-0.2, -0.15) is 0 Å². The molecule has 8 heteroatoms. The Morgan fingerprint density at radius 3 is 2.40 bits per heavy atom. The van der Waals surface area contributed by atoms with Crippen LogP contribution in [0.3, 0.4) is 0 Å². The van der Waals surface area contributed by atoms with Gasteiger partial charge in [-0.25, -0.2) is 14.4 Å². The lowest BCUT2D eigenvalue weighted by atomic mass is 10.1. The molecular weight excluding hydrogens is 332 g/mol. The molecule has 1 rings (SSSR count). The quantitative estimate of drug-likeness (QED) is 0.486. The first-order valence-corrected chi connectivity index (χ1v) is 7.54. The van der Waals surface area contributed by atoms with E-state index in [0.29, 0.717) is 6.42 Å². The summed E-state index contributed by atoms with van der Waals surface area (Å²) < 4.78 is 15.8. The van der Waals surface area contributed by atoms with E-state index in [4.69, 9.17) is 14.2 Å². The van der Waals surface area contributed by atoms with Crippen LogP contribution in [0.25, 0.3) is 0 Å². The molecule has 25 heavy (non-hydrogen) atoms. The van der Waals surface area contributed by atoms with Crippen LogP contribution in [0.1, 0.15) is 41.0 Å². The fourth-order valence-electron chi connectivity index (χ4n) is 1.90. The number of carbonyl (C=O) groups excluding carboxylic acids is 1. The summed E-state index contributed by atoms with van der Waals surface area (Å²) in [6.07, 6.45) is 0.969. The molecule has 2 N–H and O–H groups in total. The molecule has 0 amide bonds. The number of benzene rings is 1. The standard InChI is InChI=1S/C17H20O8/c1-4-8-23-15-12(24-9-10(3)25-13(18)5-2)7-6-11(16(19)20)14(15)17(21)22/h5-7,10H,2,4,8-9H2,1,3H3,(H,19,20)(H,21,22). The second-order valence-corrected chi connectivity index (χ2v) is 5.04. The second-order valence-electron chi connectivity index (χ2n) is 5.04. The van der Waals surface area contributed by atoms with Crippen molar-refractivity contribution in [2.45, 2.75) is 26.4 Å². The van der Waals surface area contributed by atoms with Gasteiger partial charge in [0.15, 0.2) is 11.5 Å². The average Bonchev–Trinajstić information content (AvgIpc) is 2.57. The van der Waals surface area contributed by atoms with Crippen LogP contribution in [-0.2, 0) is 9.53 Å². The monoisotopic (exact) mass is 352 g/mol. The number of rotatable bonds is 10. The van der Waals surface area contributed by atoms with Gasteiger partial charge < -0.3 is 24.4 Å². The molecule has 0 aliphatic rings. The molecule has 0 aliphatic heterocycles. The highest BCUT2D eigenvalue weighted by molar-refractivity contribution is 6.04. The van der Waals surface area contributed by atoms with E-state index in [2.05, 4.69) is 6.58 Å². The predicted molar refractivity (Wildman–Crippen MR) is 87.4 cm³/mol. The van der Waals surface area contributed by atoms with Gasteiger partial charge in [-0.05, 0) is 25.5 Å². The summed E-state index contributed by atoms with van der Waals surface area (Å²) in [7, 11) is 0. The zero-order valence-electron chi connectivity index (χ0n) is 14.0. The van der Waals surface area contributed by atoms with Crippen molar-refractivity contribution in [2.24, 2.45) is 0 Å². The van der Waals surface area contributed by atoms with E-state index in [1.807, 2.05) is 6.92 Å². The largest absolute Gasteiger partial charge is 0.489 e. The maximum absolute atomic E-state index is 11.5. The van der Waals surface area contributed by atoms with Crippen LogP contribution in [0.15, 0.2) is 24.8 Å². The van der Waals surface area contributed by atoms with Gasteiger partial charge in [0.1, 0.15) is 18.3 Å². The lowest BCUT2D eigenvalue weighted by molar-refractivity contribution is -0.143. The molecule has 0 aliphatic carbocycles.